The van der Waals surface area contributed by atoms with Crippen molar-refractivity contribution in [1.29, 1.82) is 0 Å². The number of para-hydroxylation sites is 2. The molecule has 0 spiro atoms. The third-order valence-corrected chi connectivity index (χ3v) is 4.81. The van der Waals surface area contributed by atoms with E-state index in [4.69, 9.17) is 0 Å². The number of hydrogen-bond acceptors (Lipinski definition) is 4. The number of nitrogens with one attached hydrogen (secondary N) is 1. The van der Waals surface area contributed by atoms with E-state index >= 15 is 0 Å². The van der Waals surface area contributed by atoms with Crippen molar-refractivity contribution in [2.75, 3.05) is 10.2 Å². The van der Waals surface area contributed by atoms with E-state index in [-0.39, 0.29) is 11.7 Å². The molecule has 3 aromatic carbocycles. The summed E-state index contributed by atoms with van der Waals surface area (Å²) < 4.78 is 13.5. The van der Waals surface area contributed by atoms with Crippen LogP contribution in [0.2, 0.25) is 0 Å². The highest BCUT2D eigenvalue weighted by Gasteiger charge is 2.35. The van der Waals surface area contributed by atoms with Crippen LogP contribution in [0.4, 0.5) is 15.8 Å². The van der Waals surface area contributed by atoms with E-state index in [0.29, 0.717) is 16.9 Å². The third kappa shape index (κ3) is 3.02. The summed E-state index contributed by atoms with van der Waals surface area (Å²) in [6.07, 6.45) is 1.04. The number of fused-ring (bicyclic) bond motifs is 1. The van der Waals surface area contributed by atoms with Crippen LogP contribution in [0, 0.1) is 5.82 Å². The lowest BCUT2D eigenvalue weighted by Gasteiger charge is -2.36. The SMILES string of the molecule is O=C1c2ccccc2NC(c2cnn(-c3ccccc3)n2)N1c1ccc(F)cc1. The van der Waals surface area contributed by atoms with E-state index in [1.54, 1.807) is 29.3 Å². The Bertz CT molecular complexity index is 1170. The number of nitrogens with zero attached hydrogens (tertiary/aromatic N) is 4. The van der Waals surface area contributed by atoms with E-state index in [2.05, 4.69) is 15.5 Å². The summed E-state index contributed by atoms with van der Waals surface area (Å²) >= 11 is 0. The first-order chi connectivity index (χ1) is 14.2. The van der Waals surface area contributed by atoms with Crippen LogP contribution in [-0.2, 0) is 0 Å². The second-order valence-corrected chi connectivity index (χ2v) is 6.64. The summed E-state index contributed by atoms with van der Waals surface area (Å²) in [5, 5.41) is 12.3. The Hall–Kier alpha value is -4.00. The second-order valence-electron chi connectivity index (χ2n) is 6.64. The number of aromatic nitrogens is 3. The fraction of sp³-hybridized carbons (Fsp3) is 0.0455. The number of anilines is 2. The molecule has 1 unspecified atom stereocenters. The van der Waals surface area contributed by atoms with Crippen molar-refractivity contribution in [2.45, 2.75) is 6.17 Å². The largest absolute Gasteiger partial charge is 0.359 e. The summed E-state index contributed by atoms with van der Waals surface area (Å²) in [4.78, 5) is 16.4. The smallest absolute Gasteiger partial charge is 0.262 e. The van der Waals surface area contributed by atoms with E-state index in [9.17, 15) is 9.18 Å². The van der Waals surface area contributed by atoms with Gasteiger partial charge in [0.2, 0.25) is 0 Å². The molecule has 7 heteroatoms. The molecule has 1 aromatic heterocycles. The molecule has 0 aliphatic carbocycles. The Morgan fingerprint density at radius 2 is 1.59 bits per heavy atom. The molecule has 2 heterocycles. The number of amides is 1. The summed E-state index contributed by atoms with van der Waals surface area (Å²) in [5.74, 6) is -0.552. The zero-order chi connectivity index (χ0) is 19.8. The molecule has 142 valence electrons. The molecule has 1 amide bonds. The molecule has 0 radical (unpaired) electrons. The number of carbonyl (C=O) groups is 1. The van der Waals surface area contributed by atoms with Crippen LogP contribution in [-0.4, -0.2) is 20.9 Å². The molecule has 1 aliphatic rings. The number of rotatable bonds is 3. The van der Waals surface area contributed by atoms with Gasteiger partial charge in [0.15, 0.2) is 6.17 Å². The van der Waals surface area contributed by atoms with Crippen LogP contribution >= 0.6 is 0 Å². The fourth-order valence-electron chi connectivity index (χ4n) is 3.41. The first-order valence-corrected chi connectivity index (χ1v) is 9.13. The van der Waals surface area contributed by atoms with Crippen molar-refractivity contribution in [3.8, 4) is 5.69 Å². The molecule has 6 nitrogen and oxygen atoms in total. The number of halogens is 1. The molecular formula is C22H16FN5O. The van der Waals surface area contributed by atoms with Crippen LogP contribution in [0.15, 0.2) is 85.1 Å². The normalized spacial score (nSPS) is 15.7. The predicted octanol–water partition coefficient (Wildman–Crippen LogP) is 4.18. The predicted molar refractivity (Wildman–Crippen MR) is 107 cm³/mol. The van der Waals surface area contributed by atoms with Crippen LogP contribution in [0.25, 0.3) is 5.69 Å². The molecule has 1 N–H and O–H groups in total. The topological polar surface area (TPSA) is 63.1 Å². The van der Waals surface area contributed by atoms with Crippen molar-refractivity contribution in [1.82, 2.24) is 15.0 Å². The van der Waals surface area contributed by atoms with Crippen LogP contribution in [0.1, 0.15) is 22.2 Å². The van der Waals surface area contributed by atoms with Gasteiger partial charge in [-0.3, -0.25) is 9.69 Å². The van der Waals surface area contributed by atoms with Crippen LogP contribution in [0.3, 0.4) is 0 Å². The number of carbonyl (C=O) groups excluding carboxylic acids is 1. The highest BCUT2D eigenvalue weighted by Crippen LogP contribution is 2.35. The maximum Gasteiger partial charge on any atom is 0.262 e. The third-order valence-electron chi connectivity index (χ3n) is 4.81. The van der Waals surface area contributed by atoms with E-state index in [1.165, 1.54) is 16.9 Å². The van der Waals surface area contributed by atoms with Gasteiger partial charge in [0.1, 0.15) is 11.5 Å². The van der Waals surface area contributed by atoms with Crippen molar-refractivity contribution in [3.05, 3.63) is 102 Å². The van der Waals surface area contributed by atoms with Crippen molar-refractivity contribution < 1.29 is 9.18 Å². The molecule has 29 heavy (non-hydrogen) atoms. The lowest BCUT2D eigenvalue weighted by Crippen LogP contribution is -2.43. The maximum absolute atomic E-state index is 13.5. The average molecular weight is 385 g/mol. The van der Waals surface area contributed by atoms with Gasteiger partial charge in [-0.2, -0.15) is 9.90 Å². The molecular weight excluding hydrogens is 369 g/mol. The van der Waals surface area contributed by atoms with Gasteiger partial charge < -0.3 is 5.32 Å². The highest BCUT2D eigenvalue weighted by atomic mass is 19.1. The number of hydrogen-bond donors (Lipinski definition) is 1. The maximum atomic E-state index is 13.5. The highest BCUT2D eigenvalue weighted by molar-refractivity contribution is 6.12. The molecule has 0 saturated carbocycles. The minimum Gasteiger partial charge on any atom is -0.359 e. The fourth-order valence-corrected chi connectivity index (χ4v) is 3.41. The summed E-state index contributed by atoms with van der Waals surface area (Å²) in [7, 11) is 0. The van der Waals surface area contributed by atoms with Gasteiger partial charge in [-0.1, -0.05) is 30.3 Å². The Morgan fingerprint density at radius 1 is 0.862 bits per heavy atom. The lowest BCUT2D eigenvalue weighted by atomic mass is 10.1. The van der Waals surface area contributed by atoms with Gasteiger partial charge >= 0.3 is 0 Å². The minimum absolute atomic E-state index is 0.190. The number of benzene rings is 3. The first-order valence-electron chi connectivity index (χ1n) is 9.13. The van der Waals surface area contributed by atoms with Gasteiger partial charge in [-0.25, -0.2) is 4.39 Å². The Morgan fingerprint density at radius 3 is 2.38 bits per heavy atom. The van der Waals surface area contributed by atoms with Crippen LogP contribution in [0.5, 0.6) is 0 Å². The Balaban J connectivity index is 1.60. The van der Waals surface area contributed by atoms with Gasteiger partial charge in [0.25, 0.3) is 5.91 Å². The molecule has 0 saturated heterocycles. The second kappa shape index (κ2) is 6.87. The molecule has 4 aromatic rings. The zero-order valence-corrected chi connectivity index (χ0v) is 15.2. The monoisotopic (exact) mass is 385 g/mol. The van der Waals surface area contributed by atoms with Gasteiger partial charge in [-0.15, -0.1) is 5.10 Å². The summed E-state index contributed by atoms with van der Waals surface area (Å²) in [6, 6.07) is 22.6. The molecule has 1 atom stereocenters. The van der Waals surface area contributed by atoms with Crippen LogP contribution < -0.4 is 10.2 Å². The first kappa shape index (κ1) is 17.1. The molecule has 0 fully saturated rings. The average Bonchev–Trinajstić information content (AvgIpc) is 3.25. The van der Waals surface area contributed by atoms with E-state index in [1.807, 2.05) is 48.5 Å². The molecule has 0 bridgehead atoms. The van der Waals surface area contributed by atoms with Crippen molar-refractivity contribution in [3.63, 3.8) is 0 Å². The zero-order valence-electron chi connectivity index (χ0n) is 15.2. The Labute approximate surface area is 166 Å². The van der Waals surface area contributed by atoms with Gasteiger partial charge in [0, 0.05) is 11.4 Å². The quantitative estimate of drug-likeness (QED) is 0.575. The summed E-state index contributed by atoms with van der Waals surface area (Å²) in [5.41, 5.74) is 3.21. The lowest BCUT2D eigenvalue weighted by molar-refractivity contribution is 0.0974. The minimum atomic E-state index is -0.583. The molecule has 1 aliphatic heterocycles. The van der Waals surface area contributed by atoms with Gasteiger partial charge in [-0.05, 0) is 48.5 Å². The van der Waals surface area contributed by atoms with Crippen molar-refractivity contribution in [2.24, 2.45) is 0 Å². The van der Waals surface area contributed by atoms with E-state index < -0.39 is 6.17 Å². The standard InChI is InChI=1S/C22H16FN5O/c23-15-10-12-16(13-11-15)27-21(25-19-9-5-4-8-18(19)22(27)29)20-14-24-28(26-20)17-6-2-1-3-7-17/h1-14,21,25H. The van der Waals surface area contributed by atoms with E-state index in [0.717, 1.165) is 11.4 Å². The van der Waals surface area contributed by atoms with Crippen molar-refractivity contribution >= 4 is 17.3 Å². The summed E-state index contributed by atoms with van der Waals surface area (Å²) in [6.45, 7) is 0. The molecule has 5 rings (SSSR count). The Kier molecular flexibility index (Phi) is 4.05. The van der Waals surface area contributed by atoms with Gasteiger partial charge in [0.05, 0.1) is 17.4 Å².